The third kappa shape index (κ3) is 3.96. The fraction of sp³-hybridized carbons (Fsp3) is 0.692. The number of fused-ring (bicyclic) bond motifs is 1. The van der Waals surface area contributed by atoms with Gasteiger partial charge < -0.3 is 15.3 Å². The molecular weight excluding hydrogens is 400 g/mol. The average molecular weight is 437 g/mol. The highest BCUT2D eigenvalue weighted by molar-refractivity contribution is 5.93. The van der Waals surface area contributed by atoms with E-state index in [0.29, 0.717) is 11.1 Å². The van der Waals surface area contributed by atoms with Gasteiger partial charge in [0.25, 0.3) is 5.91 Å². The first-order valence-electron chi connectivity index (χ1n) is 12.7. The van der Waals surface area contributed by atoms with Gasteiger partial charge in [0.05, 0.1) is 11.8 Å². The molecule has 1 amide bonds. The van der Waals surface area contributed by atoms with Gasteiger partial charge in [-0.15, -0.1) is 0 Å². The molecule has 172 valence electrons. The number of hydrogen-bond donors (Lipinski definition) is 2. The van der Waals surface area contributed by atoms with E-state index >= 15 is 0 Å². The highest BCUT2D eigenvalue weighted by atomic mass is 16.3. The van der Waals surface area contributed by atoms with E-state index in [9.17, 15) is 9.90 Å². The second kappa shape index (κ2) is 8.14. The van der Waals surface area contributed by atoms with Crippen molar-refractivity contribution in [1.82, 2.24) is 19.6 Å². The van der Waals surface area contributed by atoms with Crippen LogP contribution in [-0.4, -0.2) is 57.6 Å². The number of rotatable bonds is 6. The fourth-order valence-corrected chi connectivity index (χ4v) is 7.65. The van der Waals surface area contributed by atoms with Crippen LogP contribution in [0.3, 0.4) is 0 Å². The predicted molar refractivity (Wildman–Crippen MR) is 124 cm³/mol. The smallest absolute Gasteiger partial charge is 0.268 e. The normalized spacial score (nSPS) is 32.6. The van der Waals surface area contributed by atoms with Crippen LogP contribution in [0.15, 0.2) is 24.4 Å². The second-order valence-corrected chi connectivity index (χ2v) is 11.3. The number of likely N-dealkylation sites (tertiary alicyclic amines) is 1. The lowest BCUT2D eigenvalue weighted by atomic mass is 9.49. The molecule has 32 heavy (non-hydrogen) atoms. The molecule has 7 rings (SSSR count). The lowest BCUT2D eigenvalue weighted by Gasteiger charge is -2.56. The van der Waals surface area contributed by atoms with Crippen molar-refractivity contribution in [3.8, 4) is 0 Å². The summed E-state index contributed by atoms with van der Waals surface area (Å²) in [5, 5.41) is 13.0. The molecule has 1 saturated heterocycles. The molecule has 5 aliphatic rings. The maximum absolute atomic E-state index is 13.2. The van der Waals surface area contributed by atoms with Crippen LogP contribution in [0.2, 0.25) is 0 Å². The Kier molecular flexibility index (Phi) is 5.26. The monoisotopic (exact) mass is 436 g/mol. The van der Waals surface area contributed by atoms with Crippen LogP contribution in [0.5, 0.6) is 0 Å². The summed E-state index contributed by atoms with van der Waals surface area (Å²) >= 11 is 0. The summed E-state index contributed by atoms with van der Waals surface area (Å²) < 4.78 is 1.96. The summed E-state index contributed by atoms with van der Waals surface area (Å²) in [6, 6.07) is 5.84. The number of aliphatic hydroxyl groups excluding tert-OH is 1. The van der Waals surface area contributed by atoms with E-state index < -0.39 is 0 Å². The van der Waals surface area contributed by atoms with Gasteiger partial charge in [0.1, 0.15) is 11.3 Å². The Morgan fingerprint density at radius 3 is 2.47 bits per heavy atom. The lowest BCUT2D eigenvalue weighted by molar-refractivity contribution is -0.0503. The first kappa shape index (κ1) is 20.7. The van der Waals surface area contributed by atoms with E-state index in [2.05, 4.69) is 10.2 Å². The zero-order valence-electron chi connectivity index (χ0n) is 19.0. The molecule has 0 unspecified atom stereocenters. The quantitative estimate of drug-likeness (QED) is 0.729. The van der Waals surface area contributed by atoms with E-state index in [0.717, 1.165) is 74.5 Å². The van der Waals surface area contributed by atoms with E-state index in [1.807, 2.05) is 28.8 Å². The Balaban J connectivity index is 1.12. The first-order chi connectivity index (χ1) is 15.6. The topological polar surface area (TPSA) is 69.9 Å². The summed E-state index contributed by atoms with van der Waals surface area (Å²) in [5.74, 6) is 2.74. The number of piperidine rings is 1. The number of pyridine rings is 1. The Morgan fingerprint density at radius 1 is 1.09 bits per heavy atom. The molecule has 0 atom stereocenters. The molecule has 4 aliphatic carbocycles. The van der Waals surface area contributed by atoms with Gasteiger partial charge in [-0.3, -0.25) is 9.20 Å². The van der Waals surface area contributed by atoms with Crippen LogP contribution in [0, 0.1) is 23.2 Å². The molecule has 1 aliphatic heterocycles. The SMILES string of the molecule is O=C(NCC12CC3CC(CC(C3)C1)C2)c1cccc2nc(CCN3CCC(O)CC3)cn12. The Labute approximate surface area is 190 Å². The number of carbonyl (C=O) groups is 1. The minimum absolute atomic E-state index is 0.0281. The maximum Gasteiger partial charge on any atom is 0.268 e. The van der Waals surface area contributed by atoms with Crippen molar-refractivity contribution >= 4 is 11.6 Å². The minimum atomic E-state index is -0.138. The Morgan fingerprint density at radius 2 is 1.78 bits per heavy atom. The predicted octanol–water partition coefficient (Wildman–Crippen LogP) is 3.28. The largest absolute Gasteiger partial charge is 0.393 e. The molecular formula is C26H36N4O2. The van der Waals surface area contributed by atoms with Crippen molar-refractivity contribution in [2.24, 2.45) is 23.2 Å². The van der Waals surface area contributed by atoms with Gasteiger partial charge in [-0.2, -0.15) is 0 Å². The number of hydrogen-bond acceptors (Lipinski definition) is 4. The molecule has 6 heteroatoms. The molecule has 2 aromatic heterocycles. The van der Waals surface area contributed by atoms with Gasteiger partial charge in [-0.05, 0) is 86.7 Å². The van der Waals surface area contributed by atoms with Crippen LogP contribution in [0.4, 0.5) is 0 Å². The van der Waals surface area contributed by atoms with Gasteiger partial charge >= 0.3 is 0 Å². The van der Waals surface area contributed by atoms with Crippen molar-refractivity contribution < 1.29 is 9.90 Å². The van der Waals surface area contributed by atoms with Gasteiger partial charge in [0.2, 0.25) is 0 Å². The van der Waals surface area contributed by atoms with Crippen molar-refractivity contribution in [3.05, 3.63) is 35.8 Å². The molecule has 4 saturated carbocycles. The van der Waals surface area contributed by atoms with Crippen LogP contribution >= 0.6 is 0 Å². The van der Waals surface area contributed by atoms with E-state index in [1.165, 1.54) is 38.5 Å². The van der Waals surface area contributed by atoms with E-state index in [1.54, 1.807) is 0 Å². The maximum atomic E-state index is 13.2. The molecule has 2 N–H and O–H groups in total. The summed E-state index contributed by atoms with van der Waals surface area (Å²) in [7, 11) is 0. The number of carbonyl (C=O) groups excluding carboxylic acids is 1. The Bertz CT molecular complexity index is 956. The standard InChI is InChI=1S/C26H36N4O2/c31-22-5-8-29(9-6-22)7-4-21-16-30-23(2-1-3-24(30)28-21)25(32)27-17-26-13-18-10-19(14-26)12-20(11-18)15-26/h1-3,16,18-20,22,31H,4-15,17H2,(H,27,32). The number of nitrogens with one attached hydrogen (secondary N) is 1. The van der Waals surface area contributed by atoms with E-state index in [-0.39, 0.29) is 12.0 Å². The zero-order valence-corrected chi connectivity index (χ0v) is 19.0. The highest BCUT2D eigenvalue weighted by Crippen LogP contribution is 2.59. The molecule has 0 radical (unpaired) electrons. The lowest BCUT2D eigenvalue weighted by Crippen LogP contribution is -2.51. The van der Waals surface area contributed by atoms with Gasteiger partial charge in [-0.1, -0.05) is 6.07 Å². The molecule has 4 bridgehead atoms. The van der Waals surface area contributed by atoms with Crippen LogP contribution in [0.1, 0.15) is 67.5 Å². The zero-order chi connectivity index (χ0) is 21.7. The average Bonchev–Trinajstić information content (AvgIpc) is 3.19. The summed E-state index contributed by atoms with van der Waals surface area (Å²) in [4.78, 5) is 20.4. The summed E-state index contributed by atoms with van der Waals surface area (Å²) in [5.41, 5.74) is 2.90. The fourth-order valence-electron chi connectivity index (χ4n) is 7.65. The van der Waals surface area contributed by atoms with Crippen molar-refractivity contribution in [2.75, 3.05) is 26.2 Å². The van der Waals surface area contributed by atoms with Crippen LogP contribution in [0.25, 0.3) is 5.65 Å². The molecule has 0 aromatic carbocycles. The number of aromatic nitrogens is 2. The second-order valence-electron chi connectivity index (χ2n) is 11.3. The van der Waals surface area contributed by atoms with Crippen molar-refractivity contribution in [1.29, 1.82) is 0 Å². The third-order valence-corrected chi connectivity index (χ3v) is 8.80. The van der Waals surface area contributed by atoms with Crippen molar-refractivity contribution in [2.45, 2.75) is 63.9 Å². The van der Waals surface area contributed by atoms with Crippen LogP contribution in [-0.2, 0) is 6.42 Å². The number of amides is 1. The molecule has 3 heterocycles. The number of aliphatic hydroxyl groups is 1. The highest BCUT2D eigenvalue weighted by Gasteiger charge is 2.50. The summed E-state index contributed by atoms with van der Waals surface area (Å²) in [6.45, 7) is 3.68. The molecule has 2 aromatic rings. The molecule has 6 nitrogen and oxygen atoms in total. The van der Waals surface area contributed by atoms with Gasteiger partial charge in [0.15, 0.2) is 0 Å². The third-order valence-electron chi connectivity index (χ3n) is 8.80. The van der Waals surface area contributed by atoms with Gasteiger partial charge in [0, 0.05) is 38.8 Å². The van der Waals surface area contributed by atoms with Gasteiger partial charge in [-0.25, -0.2) is 4.98 Å². The van der Waals surface area contributed by atoms with Crippen molar-refractivity contribution in [3.63, 3.8) is 0 Å². The molecule has 5 fully saturated rings. The number of imidazole rings is 1. The Hall–Kier alpha value is -1.92. The van der Waals surface area contributed by atoms with Crippen LogP contribution < -0.4 is 5.32 Å². The first-order valence-corrected chi connectivity index (χ1v) is 12.7. The van der Waals surface area contributed by atoms with E-state index in [4.69, 9.17) is 4.98 Å². The minimum Gasteiger partial charge on any atom is -0.393 e. The summed E-state index contributed by atoms with van der Waals surface area (Å²) in [6.07, 6.45) is 12.7. The molecule has 0 spiro atoms. The number of nitrogens with zero attached hydrogens (tertiary/aromatic N) is 3.